The summed E-state index contributed by atoms with van der Waals surface area (Å²) in [5.74, 6) is 0.267. The number of alkyl halides is 1. The lowest BCUT2D eigenvalue weighted by Gasteiger charge is -2.18. The van der Waals surface area contributed by atoms with Gasteiger partial charge in [0.25, 0.3) is 5.91 Å². The van der Waals surface area contributed by atoms with Crippen molar-refractivity contribution >= 4 is 29.1 Å². The molecule has 0 aliphatic heterocycles. The van der Waals surface area contributed by atoms with E-state index in [1.165, 1.54) is 0 Å². The Labute approximate surface area is 164 Å². The predicted molar refractivity (Wildman–Crippen MR) is 109 cm³/mol. The molecule has 0 aliphatic rings. The molecule has 5 nitrogen and oxygen atoms in total. The third kappa shape index (κ3) is 7.23. The Hall–Kier alpha value is -2.66. The molecule has 0 aliphatic carbocycles. The molecule has 0 unspecified atom stereocenters. The zero-order valence-electron chi connectivity index (χ0n) is 15.1. The summed E-state index contributed by atoms with van der Waals surface area (Å²) >= 11 is 5.60. The average molecular weight is 386 g/mol. The van der Waals surface area contributed by atoms with Gasteiger partial charge in [0.05, 0.1) is 11.9 Å². The largest absolute Gasteiger partial charge is 0.386 e. The van der Waals surface area contributed by atoms with E-state index in [0.717, 1.165) is 5.56 Å². The number of aliphatic imine (C=N–C) groups is 1. The number of Topliss-reactive ketones (excluding diaryl/α,β-unsaturated/α-hetero) is 1. The van der Waals surface area contributed by atoms with E-state index in [4.69, 9.17) is 17.3 Å². The van der Waals surface area contributed by atoms with Crippen molar-refractivity contribution in [3.63, 3.8) is 0 Å². The van der Waals surface area contributed by atoms with Gasteiger partial charge in [-0.25, -0.2) is 0 Å². The number of halogens is 1. The number of nitrogens with one attached hydrogen (secondary N) is 1. The normalized spacial score (nSPS) is 12.4. The van der Waals surface area contributed by atoms with Gasteiger partial charge in [-0.05, 0) is 30.5 Å². The highest BCUT2D eigenvalue weighted by Gasteiger charge is 2.21. The highest BCUT2D eigenvalue weighted by molar-refractivity contribution is 6.27. The van der Waals surface area contributed by atoms with Gasteiger partial charge in [-0.3, -0.25) is 14.6 Å². The summed E-state index contributed by atoms with van der Waals surface area (Å²) in [4.78, 5) is 29.4. The van der Waals surface area contributed by atoms with Crippen LogP contribution < -0.4 is 11.1 Å². The molecule has 0 bridgehead atoms. The summed E-state index contributed by atoms with van der Waals surface area (Å²) in [5.41, 5.74) is 7.04. The van der Waals surface area contributed by atoms with Crippen molar-refractivity contribution in [1.29, 1.82) is 0 Å². The van der Waals surface area contributed by atoms with E-state index in [1.807, 2.05) is 36.4 Å². The maximum atomic E-state index is 12.8. The Balaban J connectivity index is 2.02. The predicted octanol–water partition coefficient (Wildman–Crippen LogP) is 2.97. The van der Waals surface area contributed by atoms with E-state index in [1.54, 1.807) is 24.3 Å². The highest BCUT2D eigenvalue weighted by atomic mass is 35.5. The summed E-state index contributed by atoms with van der Waals surface area (Å²) < 4.78 is 0. The summed E-state index contributed by atoms with van der Waals surface area (Å²) in [6, 6.07) is 17.8. The van der Waals surface area contributed by atoms with Crippen molar-refractivity contribution in [2.24, 2.45) is 10.7 Å². The molecule has 1 amide bonds. The number of hydrogen-bond donors (Lipinski definition) is 2. The summed E-state index contributed by atoms with van der Waals surface area (Å²) in [6.45, 7) is 0.467. The van der Waals surface area contributed by atoms with E-state index in [-0.39, 0.29) is 24.0 Å². The number of carbonyl (C=O) groups excluding carboxylic acids is 2. The average Bonchev–Trinajstić information content (AvgIpc) is 2.71. The Morgan fingerprint density at radius 2 is 1.67 bits per heavy atom. The van der Waals surface area contributed by atoms with Gasteiger partial charge < -0.3 is 11.1 Å². The van der Waals surface area contributed by atoms with Crippen LogP contribution in [0.4, 0.5) is 0 Å². The number of hydrogen-bond acceptors (Lipinski definition) is 3. The van der Waals surface area contributed by atoms with Crippen molar-refractivity contribution in [3.05, 3.63) is 71.8 Å². The Bertz CT molecular complexity index is 764. The van der Waals surface area contributed by atoms with Crippen molar-refractivity contribution in [2.45, 2.75) is 25.3 Å². The van der Waals surface area contributed by atoms with Crippen LogP contribution in [-0.4, -0.2) is 36.0 Å². The maximum absolute atomic E-state index is 12.8. The Kier molecular flexibility index (Phi) is 8.52. The lowest BCUT2D eigenvalue weighted by atomic mass is 9.99. The molecular formula is C21H24ClN3O2. The molecule has 0 heterocycles. The molecule has 0 spiro atoms. The summed E-state index contributed by atoms with van der Waals surface area (Å²) in [6.07, 6.45) is 1.38. The first-order valence-corrected chi connectivity index (χ1v) is 9.41. The molecule has 0 saturated heterocycles. The zero-order valence-corrected chi connectivity index (χ0v) is 15.9. The minimum absolute atomic E-state index is 0.0280. The number of nitrogens with two attached hydrogens (primary N) is 1. The van der Waals surface area contributed by atoms with Crippen molar-refractivity contribution in [2.75, 3.05) is 12.4 Å². The topological polar surface area (TPSA) is 84.5 Å². The second kappa shape index (κ2) is 11.1. The molecular weight excluding hydrogens is 362 g/mol. The molecule has 1 atom stereocenters. The van der Waals surface area contributed by atoms with Crippen LogP contribution in [0.25, 0.3) is 0 Å². The van der Waals surface area contributed by atoms with E-state index < -0.39 is 6.04 Å². The minimum atomic E-state index is -0.578. The number of ketones is 1. The second-order valence-electron chi connectivity index (χ2n) is 6.17. The molecule has 0 saturated carbocycles. The third-order valence-corrected chi connectivity index (χ3v) is 4.33. The minimum Gasteiger partial charge on any atom is -0.386 e. The van der Waals surface area contributed by atoms with Crippen LogP contribution in [0.1, 0.15) is 28.8 Å². The Morgan fingerprint density at radius 1 is 1.04 bits per heavy atom. The zero-order chi connectivity index (χ0) is 19.5. The van der Waals surface area contributed by atoms with E-state index >= 15 is 0 Å². The van der Waals surface area contributed by atoms with Crippen LogP contribution >= 0.6 is 11.6 Å². The molecule has 2 aromatic carbocycles. The maximum Gasteiger partial charge on any atom is 0.251 e. The summed E-state index contributed by atoms with van der Waals surface area (Å²) in [5, 5.41) is 2.86. The molecule has 0 aromatic heterocycles. The van der Waals surface area contributed by atoms with E-state index in [0.29, 0.717) is 30.8 Å². The lowest BCUT2D eigenvalue weighted by molar-refractivity contribution is -0.120. The van der Waals surface area contributed by atoms with Gasteiger partial charge >= 0.3 is 0 Å². The second-order valence-corrected chi connectivity index (χ2v) is 6.44. The van der Waals surface area contributed by atoms with Gasteiger partial charge in [0.1, 0.15) is 5.84 Å². The van der Waals surface area contributed by atoms with E-state index in [2.05, 4.69) is 10.3 Å². The number of amides is 1. The van der Waals surface area contributed by atoms with Crippen molar-refractivity contribution in [3.8, 4) is 0 Å². The number of amidine groups is 1. The van der Waals surface area contributed by atoms with Gasteiger partial charge in [-0.1, -0.05) is 48.5 Å². The molecule has 27 heavy (non-hydrogen) atoms. The van der Waals surface area contributed by atoms with Crippen LogP contribution in [-0.2, 0) is 11.2 Å². The first-order valence-electron chi connectivity index (χ1n) is 8.87. The number of rotatable bonds is 10. The molecule has 3 N–H and O–H groups in total. The molecule has 2 aromatic rings. The quantitative estimate of drug-likeness (QED) is 0.285. The van der Waals surface area contributed by atoms with Gasteiger partial charge in [-0.15, -0.1) is 11.6 Å². The standard InChI is InChI=1S/C21H24ClN3O2/c22-15-20(23)24-13-7-12-18(19(26)14-16-8-3-1-4-9-16)25-21(27)17-10-5-2-6-11-17/h1-6,8-11,18H,7,12-15H2,(H2,23,24)(H,25,27)/t18-/m0/s1. The molecule has 0 fully saturated rings. The smallest absolute Gasteiger partial charge is 0.251 e. The van der Waals surface area contributed by atoms with Gasteiger partial charge in [0.2, 0.25) is 0 Å². The fraction of sp³-hybridized carbons (Fsp3) is 0.286. The molecule has 6 heteroatoms. The van der Waals surface area contributed by atoms with E-state index in [9.17, 15) is 9.59 Å². The third-order valence-electron chi connectivity index (χ3n) is 4.05. The number of nitrogens with zero attached hydrogens (tertiary/aromatic N) is 1. The monoisotopic (exact) mass is 385 g/mol. The molecule has 2 rings (SSSR count). The SMILES string of the molecule is NC(CCl)=NCCC[C@H](NC(=O)c1ccccc1)C(=O)Cc1ccccc1. The van der Waals surface area contributed by atoms with Crippen LogP contribution in [0.5, 0.6) is 0 Å². The van der Waals surface area contributed by atoms with Crippen LogP contribution in [0.2, 0.25) is 0 Å². The first kappa shape index (κ1) is 20.6. The highest BCUT2D eigenvalue weighted by Crippen LogP contribution is 2.08. The van der Waals surface area contributed by atoms with Crippen LogP contribution in [0.3, 0.4) is 0 Å². The van der Waals surface area contributed by atoms with Gasteiger partial charge in [-0.2, -0.15) is 0 Å². The molecule has 142 valence electrons. The van der Waals surface area contributed by atoms with Gasteiger partial charge in [0.15, 0.2) is 5.78 Å². The van der Waals surface area contributed by atoms with Crippen LogP contribution in [0.15, 0.2) is 65.7 Å². The fourth-order valence-electron chi connectivity index (χ4n) is 2.63. The van der Waals surface area contributed by atoms with Gasteiger partial charge in [0, 0.05) is 18.5 Å². The number of carbonyl (C=O) groups is 2. The molecule has 0 radical (unpaired) electrons. The summed E-state index contributed by atoms with van der Waals surface area (Å²) in [7, 11) is 0. The fourth-order valence-corrected chi connectivity index (χ4v) is 2.71. The van der Waals surface area contributed by atoms with Crippen molar-refractivity contribution in [1.82, 2.24) is 5.32 Å². The van der Waals surface area contributed by atoms with Crippen LogP contribution in [0, 0.1) is 0 Å². The van der Waals surface area contributed by atoms with Crippen molar-refractivity contribution < 1.29 is 9.59 Å². The Morgan fingerprint density at radius 3 is 2.30 bits per heavy atom. The lowest BCUT2D eigenvalue weighted by Crippen LogP contribution is -2.41. The first-order chi connectivity index (χ1) is 13.1. The number of benzene rings is 2.